The van der Waals surface area contributed by atoms with Gasteiger partial charge >= 0.3 is 6.18 Å². The molecule has 3 aliphatic heterocycles. The highest BCUT2D eigenvalue weighted by atomic mass is 35.5. The standard InChI is InChI=1S/C23H30F3N5O2S.2ClH/c1-29-21(20-15-32-10-11-33-20)27-28-22(29)34-12-2-8-30-13-16-7-9-31(19(16)14-30)18-5-3-17(4-6-18)23(24,25)26;;/h3-6,16,19-20H,2,7-15H2,1H3;2*1H/t16-,19+,20+;;/m1../s1. The van der Waals surface area contributed by atoms with Crippen molar-refractivity contribution in [3.05, 3.63) is 35.7 Å². The first-order valence-corrected chi connectivity index (χ1v) is 12.8. The monoisotopic (exact) mass is 569 g/mol. The van der Waals surface area contributed by atoms with Crippen molar-refractivity contribution in [2.75, 3.05) is 56.7 Å². The molecular formula is C23H32Cl2F3N5O2S. The van der Waals surface area contributed by atoms with Gasteiger partial charge in [0.05, 0.1) is 25.4 Å². The van der Waals surface area contributed by atoms with Gasteiger partial charge in [-0.15, -0.1) is 35.0 Å². The quantitative estimate of drug-likeness (QED) is 0.360. The van der Waals surface area contributed by atoms with E-state index in [1.165, 1.54) is 12.1 Å². The summed E-state index contributed by atoms with van der Waals surface area (Å²) in [5.74, 6) is 2.33. The largest absolute Gasteiger partial charge is 0.416 e. The summed E-state index contributed by atoms with van der Waals surface area (Å²) in [6, 6.07) is 5.99. The maximum Gasteiger partial charge on any atom is 0.416 e. The minimum absolute atomic E-state index is 0. The first kappa shape index (κ1) is 29.3. The van der Waals surface area contributed by atoms with Gasteiger partial charge in [-0.2, -0.15) is 13.2 Å². The molecule has 202 valence electrons. The zero-order valence-electron chi connectivity index (χ0n) is 20.0. The molecule has 3 atom stereocenters. The van der Waals surface area contributed by atoms with Gasteiger partial charge < -0.3 is 23.8 Å². The predicted molar refractivity (Wildman–Crippen MR) is 137 cm³/mol. The second kappa shape index (κ2) is 12.5. The van der Waals surface area contributed by atoms with E-state index in [4.69, 9.17) is 9.47 Å². The van der Waals surface area contributed by atoms with E-state index in [0.29, 0.717) is 31.8 Å². The third-order valence-electron chi connectivity index (χ3n) is 6.97. The summed E-state index contributed by atoms with van der Waals surface area (Å²) in [5, 5.41) is 9.51. The summed E-state index contributed by atoms with van der Waals surface area (Å²) in [5.41, 5.74) is 0.301. The van der Waals surface area contributed by atoms with Gasteiger partial charge in [-0.05, 0) is 49.6 Å². The molecule has 5 rings (SSSR count). The second-order valence-corrected chi connectivity index (χ2v) is 10.2. The fourth-order valence-corrected chi connectivity index (χ4v) is 6.06. The van der Waals surface area contributed by atoms with E-state index in [2.05, 4.69) is 20.0 Å². The van der Waals surface area contributed by atoms with Gasteiger partial charge in [0.15, 0.2) is 11.0 Å². The van der Waals surface area contributed by atoms with Crippen molar-refractivity contribution in [2.45, 2.75) is 36.3 Å². The molecule has 4 heterocycles. The summed E-state index contributed by atoms with van der Waals surface area (Å²) in [7, 11) is 1.97. The van der Waals surface area contributed by atoms with Gasteiger partial charge in [-0.3, -0.25) is 0 Å². The molecule has 3 saturated heterocycles. The van der Waals surface area contributed by atoms with E-state index in [1.807, 2.05) is 11.6 Å². The summed E-state index contributed by atoms with van der Waals surface area (Å²) in [4.78, 5) is 4.78. The molecule has 7 nitrogen and oxygen atoms in total. The number of aromatic nitrogens is 3. The van der Waals surface area contributed by atoms with Crippen molar-refractivity contribution in [3.8, 4) is 0 Å². The first-order chi connectivity index (χ1) is 16.4. The maximum absolute atomic E-state index is 12.9. The Morgan fingerprint density at radius 3 is 2.56 bits per heavy atom. The van der Waals surface area contributed by atoms with Crippen LogP contribution in [0, 0.1) is 5.92 Å². The normalized spacial score (nSPS) is 24.3. The number of rotatable bonds is 7. The van der Waals surface area contributed by atoms with Crippen LogP contribution in [0.4, 0.5) is 18.9 Å². The van der Waals surface area contributed by atoms with Gasteiger partial charge in [0.25, 0.3) is 0 Å². The minimum Gasteiger partial charge on any atom is -0.376 e. The smallest absolute Gasteiger partial charge is 0.376 e. The second-order valence-electron chi connectivity index (χ2n) is 9.15. The molecule has 0 saturated carbocycles. The Morgan fingerprint density at radius 1 is 1.08 bits per heavy atom. The SMILES string of the molecule is Cl.Cl.Cn1c(SCCCN2C[C@H]3CCN(c4ccc(C(F)(F)F)cc4)[C@H]3C2)nnc1[C@@H]1COCCO1. The maximum atomic E-state index is 12.9. The van der Waals surface area contributed by atoms with Crippen molar-refractivity contribution in [1.82, 2.24) is 19.7 Å². The number of alkyl halides is 3. The highest BCUT2D eigenvalue weighted by Gasteiger charge is 2.41. The van der Waals surface area contributed by atoms with Crippen LogP contribution in [0.15, 0.2) is 29.4 Å². The zero-order chi connectivity index (χ0) is 23.7. The molecule has 0 unspecified atom stereocenters. The third-order valence-corrected chi connectivity index (χ3v) is 8.08. The fourth-order valence-electron chi connectivity index (χ4n) is 5.21. The van der Waals surface area contributed by atoms with E-state index in [9.17, 15) is 13.2 Å². The number of likely N-dealkylation sites (tertiary alicyclic amines) is 1. The number of benzene rings is 1. The van der Waals surface area contributed by atoms with E-state index in [0.717, 1.165) is 61.4 Å². The third kappa shape index (κ3) is 6.42. The molecule has 0 aliphatic carbocycles. The minimum atomic E-state index is -4.29. The van der Waals surface area contributed by atoms with E-state index >= 15 is 0 Å². The zero-order valence-corrected chi connectivity index (χ0v) is 22.5. The van der Waals surface area contributed by atoms with Crippen molar-refractivity contribution in [3.63, 3.8) is 0 Å². The molecule has 3 aliphatic rings. The first-order valence-electron chi connectivity index (χ1n) is 11.8. The molecule has 0 radical (unpaired) electrons. The summed E-state index contributed by atoms with van der Waals surface area (Å²) >= 11 is 1.70. The van der Waals surface area contributed by atoms with Crippen LogP contribution < -0.4 is 4.90 Å². The van der Waals surface area contributed by atoms with Gasteiger partial charge in [0.2, 0.25) is 0 Å². The van der Waals surface area contributed by atoms with Crippen molar-refractivity contribution in [2.24, 2.45) is 13.0 Å². The van der Waals surface area contributed by atoms with Gasteiger partial charge in [0, 0.05) is 44.2 Å². The van der Waals surface area contributed by atoms with E-state index < -0.39 is 11.7 Å². The van der Waals surface area contributed by atoms with Crippen LogP contribution >= 0.6 is 36.6 Å². The van der Waals surface area contributed by atoms with Crippen LogP contribution in [0.25, 0.3) is 0 Å². The van der Waals surface area contributed by atoms with Gasteiger partial charge in [-0.25, -0.2) is 0 Å². The average Bonchev–Trinajstić information content (AvgIpc) is 3.51. The fraction of sp³-hybridized carbons (Fsp3) is 0.652. The Balaban J connectivity index is 0.00000180. The molecule has 1 aromatic carbocycles. The lowest BCUT2D eigenvalue weighted by Crippen LogP contribution is -2.35. The Morgan fingerprint density at radius 2 is 1.86 bits per heavy atom. The van der Waals surface area contributed by atoms with Crippen LogP contribution in [-0.4, -0.2) is 77.5 Å². The van der Waals surface area contributed by atoms with Crippen molar-refractivity contribution >= 4 is 42.3 Å². The molecular weight excluding hydrogens is 538 g/mol. The Kier molecular flexibility index (Phi) is 10.2. The molecule has 2 aromatic rings. The molecule has 0 bridgehead atoms. The molecule has 0 spiro atoms. The number of anilines is 1. The number of hydrogen-bond acceptors (Lipinski definition) is 7. The van der Waals surface area contributed by atoms with Gasteiger partial charge in [-0.1, -0.05) is 11.8 Å². The number of hydrogen-bond donors (Lipinski definition) is 0. The predicted octanol–water partition coefficient (Wildman–Crippen LogP) is 4.46. The molecule has 0 amide bonds. The average molecular weight is 571 g/mol. The van der Waals surface area contributed by atoms with Crippen LogP contribution in [-0.2, 0) is 22.7 Å². The van der Waals surface area contributed by atoms with E-state index in [-0.39, 0.29) is 30.9 Å². The number of nitrogens with zero attached hydrogens (tertiary/aromatic N) is 5. The van der Waals surface area contributed by atoms with Crippen molar-refractivity contribution < 1.29 is 22.6 Å². The van der Waals surface area contributed by atoms with E-state index in [1.54, 1.807) is 23.9 Å². The van der Waals surface area contributed by atoms with Crippen LogP contribution in [0.5, 0.6) is 0 Å². The lowest BCUT2D eigenvalue weighted by molar-refractivity contribution is -0.137. The van der Waals surface area contributed by atoms with Crippen molar-refractivity contribution in [1.29, 1.82) is 0 Å². The lowest BCUT2D eigenvalue weighted by Gasteiger charge is -2.27. The van der Waals surface area contributed by atoms with Crippen LogP contribution in [0.2, 0.25) is 0 Å². The molecule has 36 heavy (non-hydrogen) atoms. The lowest BCUT2D eigenvalue weighted by atomic mass is 10.0. The molecule has 1 aromatic heterocycles. The number of fused-ring (bicyclic) bond motifs is 1. The highest BCUT2D eigenvalue weighted by Crippen LogP contribution is 2.37. The molecule has 13 heteroatoms. The van der Waals surface area contributed by atoms with Crippen LogP contribution in [0.3, 0.4) is 0 Å². The number of halogens is 5. The topological polar surface area (TPSA) is 55.7 Å². The Hall–Kier alpha value is -1.24. The molecule has 3 fully saturated rings. The Labute approximate surface area is 225 Å². The highest BCUT2D eigenvalue weighted by molar-refractivity contribution is 7.99. The van der Waals surface area contributed by atoms with Crippen LogP contribution in [0.1, 0.15) is 30.3 Å². The summed E-state index contributed by atoms with van der Waals surface area (Å²) in [6.07, 6.45) is -2.32. The number of thioether (sulfide) groups is 1. The number of ether oxygens (including phenoxy) is 2. The van der Waals surface area contributed by atoms with Gasteiger partial charge in [0.1, 0.15) is 6.10 Å². The summed E-state index contributed by atoms with van der Waals surface area (Å²) in [6.45, 7) is 5.64. The summed E-state index contributed by atoms with van der Waals surface area (Å²) < 4.78 is 51.9. The Bertz CT molecular complexity index is 976. The molecule has 0 N–H and O–H groups in total.